The highest BCUT2D eigenvalue weighted by Gasteiger charge is 2.43. The van der Waals surface area contributed by atoms with E-state index < -0.39 is 11.2 Å². The molecule has 4 rings (SSSR count). The van der Waals surface area contributed by atoms with Crippen molar-refractivity contribution in [1.29, 1.82) is 0 Å². The van der Waals surface area contributed by atoms with Gasteiger partial charge in [0.15, 0.2) is 5.78 Å². The molecular formula is C30H44N2O5. The summed E-state index contributed by atoms with van der Waals surface area (Å²) < 4.78 is 11.0. The van der Waals surface area contributed by atoms with E-state index in [1.165, 1.54) is 0 Å². The summed E-state index contributed by atoms with van der Waals surface area (Å²) in [5.74, 6) is 2.80. The second kappa shape index (κ2) is 11.3. The summed E-state index contributed by atoms with van der Waals surface area (Å²) in [6.45, 7) is 12.9. The van der Waals surface area contributed by atoms with Gasteiger partial charge in [-0.1, -0.05) is 18.1 Å². The Hall–Kier alpha value is -2.75. The van der Waals surface area contributed by atoms with Gasteiger partial charge in [-0.05, 0) is 99.8 Å². The van der Waals surface area contributed by atoms with Crippen LogP contribution in [0.4, 0.5) is 9.59 Å². The first-order chi connectivity index (χ1) is 17.2. The molecule has 7 nitrogen and oxygen atoms in total. The summed E-state index contributed by atoms with van der Waals surface area (Å²) in [6, 6.07) is 0.470. The van der Waals surface area contributed by atoms with Crippen LogP contribution < -0.4 is 0 Å². The zero-order valence-electron chi connectivity index (χ0n) is 23.6. The number of hydrogen-bond donors (Lipinski definition) is 0. The molecule has 0 aliphatic carbocycles. The van der Waals surface area contributed by atoms with E-state index in [1.807, 2.05) is 52.5 Å². The van der Waals surface area contributed by atoms with Crippen molar-refractivity contribution < 1.29 is 23.9 Å². The molecule has 4 heterocycles. The normalized spacial score (nSPS) is 27.0. The van der Waals surface area contributed by atoms with Crippen LogP contribution >= 0.6 is 0 Å². The Kier molecular flexibility index (Phi) is 8.82. The number of allylic oxidation sites excluding steroid dienone is 2. The van der Waals surface area contributed by atoms with Crippen LogP contribution in [0.3, 0.4) is 0 Å². The summed E-state index contributed by atoms with van der Waals surface area (Å²) in [6.07, 6.45) is 16.7. The Morgan fingerprint density at radius 1 is 0.784 bits per heavy atom. The van der Waals surface area contributed by atoms with Gasteiger partial charge in [0.2, 0.25) is 0 Å². The van der Waals surface area contributed by atoms with E-state index in [0.717, 1.165) is 62.5 Å². The molecule has 0 saturated carbocycles. The van der Waals surface area contributed by atoms with Gasteiger partial charge >= 0.3 is 12.2 Å². The number of ketones is 1. The van der Waals surface area contributed by atoms with Gasteiger partial charge < -0.3 is 9.47 Å². The molecule has 0 N–H and O–H groups in total. The third-order valence-corrected chi connectivity index (χ3v) is 7.23. The zero-order chi connectivity index (χ0) is 27.5. The number of nitrogens with zero attached hydrogens (tertiary/aromatic N) is 2. The van der Waals surface area contributed by atoms with E-state index in [1.54, 1.807) is 11.8 Å². The van der Waals surface area contributed by atoms with Crippen LogP contribution in [-0.4, -0.2) is 63.1 Å². The molecule has 4 aliphatic heterocycles. The lowest BCUT2D eigenvalue weighted by molar-refractivity contribution is -0.114. The third kappa shape index (κ3) is 7.18. The maximum atomic E-state index is 12.4. The minimum absolute atomic E-state index is 0.0531. The molecule has 4 aliphatic rings. The van der Waals surface area contributed by atoms with Gasteiger partial charge in [-0.2, -0.15) is 0 Å². The number of amides is 2. The highest BCUT2D eigenvalue weighted by atomic mass is 16.6. The molecule has 0 radical (unpaired) electrons. The van der Waals surface area contributed by atoms with Crippen LogP contribution in [0.1, 0.15) is 99.8 Å². The molecular weight excluding hydrogens is 468 g/mol. The fraction of sp³-hybridized carbons (Fsp3) is 0.700. The average molecular weight is 513 g/mol. The van der Waals surface area contributed by atoms with Crippen LogP contribution in [0.5, 0.6) is 0 Å². The van der Waals surface area contributed by atoms with Crippen molar-refractivity contribution in [3.63, 3.8) is 0 Å². The van der Waals surface area contributed by atoms with E-state index in [4.69, 9.17) is 15.9 Å². The Labute approximate surface area is 222 Å². The fourth-order valence-corrected chi connectivity index (χ4v) is 5.79. The van der Waals surface area contributed by atoms with Crippen LogP contribution in [0.2, 0.25) is 0 Å². The van der Waals surface area contributed by atoms with Gasteiger partial charge in [0.1, 0.15) is 11.2 Å². The topological polar surface area (TPSA) is 76.2 Å². The van der Waals surface area contributed by atoms with E-state index in [9.17, 15) is 14.4 Å². The van der Waals surface area contributed by atoms with Crippen molar-refractivity contribution in [3.05, 3.63) is 23.3 Å². The van der Waals surface area contributed by atoms with Gasteiger partial charge in [0, 0.05) is 23.2 Å². The lowest BCUT2D eigenvalue weighted by Gasteiger charge is -2.31. The molecule has 2 fully saturated rings. The Morgan fingerprint density at radius 3 is 1.70 bits per heavy atom. The predicted molar refractivity (Wildman–Crippen MR) is 144 cm³/mol. The molecule has 204 valence electrons. The molecule has 37 heavy (non-hydrogen) atoms. The maximum absolute atomic E-state index is 12.4. The van der Waals surface area contributed by atoms with Crippen molar-refractivity contribution >= 4 is 18.0 Å². The summed E-state index contributed by atoms with van der Waals surface area (Å²) in [7, 11) is 0. The monoisotopic (exact) mass is 512 g/mol. The average Bonchev–Trinajstić information content (AvgIpc) is 3.22. The Morgan fingerprint density at radius 2 is 1.24 bits per heavy atom. The molecule has 2 amide bonds. The standard InChI is InChI=1S/C15H23NO3.C15H21NO2/c1-10(17)12-7-5-6-11-8-9-13(12)16(11)14(18)19-15(2,3)4;1-5-11-7-6-8-12-9-10-13(11)16(12)14(17)18-15(2,3)4/h7,11,13H,5-6,8-9H2,1-4H3;1,7,12-13H,6,8-10H2,2-4H3/t11-,13?;12-,13?/m00/s1. The number of ether oxygens (including phenoxy) is 2. The second-order valence-electron chi connectivity index (χ2n) is 12.4. The number of hydrogen-bond acceptors (Lipinski definition) is 5. The molecule has 0 aromatic rings. The number of fused-ring (bicyclic) bond motifs is 4. The molecule has 2 saturated heterocycles. The molecule has 0 spiro atoms. The predicted octanol–water partition coefficient (Wildman–Crippen LogP) is 6.17. The van der Waals surface area contributed by atoms with Crippen LogP contribution in [0.15, 0.2) is 23.3 Å². The van der Waals surface area contributed by atoms with Gasteiger partial charge in [-0.3, -0.25) is 14.6 Å². The number of carbonyl (C=O) groups excluding carboxylic acids is 3. The zero-order valence-corrected chi connectivity index (χ0v) is 23.6. The van der Waals surface area contributed by atoms with E-state index in [-0.39, 0.29) is 42.1 Å². The summed E-state index contributed by atoms with van der Waals surface area (Å²) in [5.41, 5.74) is 0.776. The molecule has 4 bridgehead atoms. The van der Waals surface area contributed by atoms with Gasteiger partial charge in [0.05, 0.1) is 12.1 Å². The molecule has 7 heteroatoms. The molecule has 4 atom stereocenters. The minimum Gasteiger partial charge on any atom is -0.444 e. The first-order valence-corrected chi connectivity index (χ1v) is 13.6. The molecule has 0 aromatic carbocycles. The highest BCUT2D eigenvalue weighted by Crippen LogP contribution is 2.37. The summed E-state index contributed by atoms with van der Waals surface area (Å²) in [4.78, 5) is 40.1. The molecule has 0 aromatic heterocycles. The quantitative estimate of drug-likeness (QED) is 0.393. The maximum Gasteiger partial charge on any atom is 0.411 e. The fourth-order valence-electron chi connectivity index (χ4n) is 5.79. The number of Topliss-reactive ketones (excluding diaryl/α,β-unsaturated/α-hetero) is 1. The minimum atomic E-state index is -0.497. The van der Waals surface area contributed by atoms with E-state index >= 15 is 0 Å². The number of terminal acetylenes is 1. The van der Waals surface area contributed by atoms with Gasteiger partial charge in [-0.15, -0.1) is 6.42 Å². The first kappa shape index (κ1) is 28.8. The first-order valence-electron chi connectivity index (χ1n) is 13.6. The summed E-state index contributed by atoms with van der Waals surface area (Å²) in [5, 5.41) is 0. The second-order valence-corrected chi connectivity index (χ2v) is 12.4. The Balaban J connectivity index is 0.000000206. The van der Waals surface area contributed by atoms with E-state index in [0.29, 0.717) is 0 Å². The van der Waals surface area contributed by atoms with Crippen LogP contribution in [0, 0.1) is 12.3 Å². The van der Waals surface area contributed by atoms with Gasteiger partial charge in [0.25, 0.3) is 0 Å². The Bertz CT molecular complexity index is 991. The lowest BCUT2D eigenvalue weighted by atomic mass is 9.97. The third-order valence-electron chi connectivity index (χ3n) is 7.23. The van der Waals surface area contributed by atoms with E-state index in [2.05, 4.69) is 12.0 Å². The summed E-state index contributed by atoms with van der Waals surface area (Å²) >= 11 is 0. The van der Waals surface area contributed by atoms with Crippen LogP contribution in [0.25, 0.3) is 0 Å². The number of rotatable bonds is 1. The SMILES string of the molecule is C#CC1=CCC[C@H]2CCC1N2C(=O)OC(C)(C)C.CC(=O)C1=CCC[C@H]2CCC1N2C(=O)OC(C)(C)C. The van der Waals surface area contributed by atoms with Gasteiger partial charge in [-0.25, -0.2) is 9.59 Å². The van der Waals surface area contributed by atoms with Crippen molar-refractivity contribution in [3.8, 4) is 12.3 Å². The smallest absolute Gasteiger partial charge is 0.411 e. The molecule has 2 unspecified atom stereocenters. The van der Waals surface area contributed by atoms with Crippen LogP contribution in [-0.2, 0) is 14.3 Å². The van der Waals surface area contributed by atoms with Crippen molar-refractivity contribution in [2.45, 2.75) is 135 Å². The largest absolute Gasteiger partial charge is 0.444 e. The lowest BCUT2D eigenvalue weighted by Crippen LogP contribution is -2.44. The highest BCUT2D eigenvalue weighted by molar-refractivity contribution is 5.95. The van der Waals surface area contributed by atoms with Crippen molar-refractivity contribution in [2.24, 2.45) is 0 Å². The van der Waals surface area contributed by atoms with Crippen molar-refractivity contribution in [1.82, 2.24) is 9.80 Å². The van der Waals surface area contributed by atoms with Crippen molar-refractivity contribution in [2.75, 3.05) is 0 Å². The number of carbonyl (C=O) groups is 3.